The molecule has 1 aliphatic rings. The number of hydrogen-bond acceptors (Lipinski definition) is 11. The quantitative estimate of drug-likeness (QED) is 0.0224. The average Bonchev–Trinajstić information content (AvgIpc) is 3.32. The molecule has 1 amide bonds. The van der Waals surface area contributed by atoms with Crippen molar-refractivity contribution in [3.63, 3.8) is 0 Å². The Balaban J connectivity index is 2.40. The predicted molar refractivity (Wildman–Crippen MR) is 279 cm³/mol. The number of hydrogen-bond donors (Lipinski definition) is 7. The predicted octanol–water partition coefficient (Wildman–Crippen LogP) is 12.3. The van der Waals surface area contributed by atoms with Crippen LogP contribution in [-0.2, 0) is 28.9 Å². The van der Waals surface area contributed by atoms with Gasteiger partial charge in [-0.3, -0.25) is 9.35 Å². The van der Waals surface area contributed by atoms with E-state index in [0.29, 0.717) is 19.3 Å². The van der Waals surface area contributed by atoms with Gasteiger partial charge in [0.25, 0.3) is 0 Å². The Hall–Kier alpha value is -0.940. The lowest BCUT2D eigenvalue weighted by molar-refractivity contribution is -0.298. The van der Waals surface area contributed by atoms with Gasteiger partial charge >= 0.3 is 10.4 Å². The summed E-state index contributed by atoms with van der Waals surface area (Å²) in [5.74, 6) is -0.662. The Labute approximate surface area is 422 Å². The van der Waals surface area contributed by atoms with E-state index in [0.717, 1.165) is 38.5 Å². The van der Waals surface area contributed by atoms with Crippen LogP contribution in [0.5, 0.6) is 0 Å². The van der Waals surface area contributed by atoms with E-state index in [9.17, 15) is 43.3 Å². The molecule has 0 bridgehead atoms. The van der Waals surface area contributed by atoms with Gasteiger partial charge in [0.2, 0.25) is 5.91 Å². The largest absolute Gasteiger partial charge is 0.397 e. The molecule has 0 aliphatic carbocycles. The Morgan fingerprint density at radius 3 is 1.16 bits per heavy atom. The summed E-state index contributed by atoms with van der Waals surface area (Å²) in [5.41, 5.74) is 0. The number of nitrogens with one attached hydrogen (secondary N) is 1. The maximum absolute atomic E-state index is 13.2. The van der Waals surface area contributed by atoms with Crippen molar-refractivity contribution < 1.29 is 57.0 Å². The van der Waals surface area contributed by atoms with E-state index in [2.05, 4.69) is 23.3 Å². The average molecular weight is 1010 g/mol. The summed E-state index contributed by atoms with van der Waals surface area (Å²) in [6.45, 7) is 3.34. The minimum atomic E-state index is -5.11. The van der Waals surface area contributed by atoms with Crippen LogP contribution in [0.2, 0.25) is 0 Å². The van der Waals surface area contributed by atoms with Crippen LogP contribution >= 0.6 is 0 Å². The zero-order valence-electron chi connectivity index (χ0n) is 44.3. The summed E-state index contributed by atoms with van der Waals surface area (Å²) in [6, 6.07) is -1.03. The first-order valence-electron chi connectivity index (χ1n) is 29.0. The first-order valence-corrected chi connectivity index (χ1v) is 30.4. The second kappa shape index (κ2) is 45.7. The first-order chi connectivity index (χ1) is 33.4. The highest BCUT2D eigenvalue weighted by atomic mass is 32.3. The molecule has 1 heterocycles. The molecule has 0 aromatic rings. The highest BCUT2D eigenvalue weighted by Crippen LogP contribution is 2.26. The number of carbonyl (C=O) groups is 1. The van der Waals surface area contributed by atoms with Crippen LogP contribution in [-0.4, -0.2) is 107 Å². The van der Waals surface area contributed by atoms with Crippen molar-refractivity contribution in [2.24, 2.45) is 0 Å². The van der Waals surface area contributed by atoms with Gasteiger partial charge in [0, 0.05) is 0 Å². The molecule has 1 aliphatic heterocycles. The van der Waals surface area contributed by atoms with E-state index in [1.807, 2.05) is 0 Å². The molecular weight excluding hydrogens is 899 g/mol. The Morgan fingerprint density at radius 2 is 0.841 bits per heavy atom. The zero-order chi connectivity index (χ0) is 50.6. The molecule has 8 unspecified atom stereocenters. The zero-order valence-corrected chi connectivity index (χ0v) is 45.1. The summed E-state index contributed by atoms with van der Waals surface area (Å²) in [7, 11) is -5.11. The molecule has 0 radical (unpaired) electrons. The van der Waals surface area contributed by atoms with Crippen molar-refractivity contribution in [3.05, 3.63) is 0 Å². The van der Waals surface area contributed by atoms with Crippen molar-refractivity contribution in [3.8, 4) is 0 Å². The lowest BCUT2D eigenvalue weighted by atomic mass is 9.99. The third kappa shape index (κ3) is 37.5. The maximum atomic E-state index is 13.2. The normalized spacial score (nSPS) is 20.0. The Kier molecular flexibility index (Phi) is 43.7. The monoisotopic (exact) mass is 1010 g/mol. The summed E-state index contributed by atoms with van der Waals surface area (Å²) >= 11 is 0. The van der Waals surface area contributed by atoms with Crippen LogP contribution in [0.25, 0.3) is 0 Å². The minimum absolute atomic E-state index is 0.267. The molecule has 14 heteroatoms. The third-order valence-corrected chi connectivity index (χ3v) is 14.7. The van der Waals surface area contributed by atoms with Crippen molar-refractivity contribution >= 4 is 16.3 Å². The van der Waals surface area contributed by atoms with E-state index in [4.69, 9.17) is 9.47 Å². The van der Waals surface area contributed by atoms with E-state index < -0.39 is 78.5 Å². The van der Waals surface area contributed by atoms with Crippen molar-refractivity contribution in [1.82, 2.24) is 5.32 Å². The lowest BCUT2D eigenvalue weighted by Crippen LogP contribution is -2.61. The number of amides is 1. The topological polar surface area (TPSA) is 212 Å². The molecule has 0 spiro atoms. The van der Waals surface area contributed by atoms with E-state index in [-0.39, 0.29) is 6.42 Å². The molecule has 0 aromatic carbocycles. The third-order valence-electron chi connectivity index (χ3n) is 14.3. The number of unbranched alkanes of at least 4 members (excludes halogenated alkanes) is 38. The lowest BCUT2D eigenvalue weighted by Gasteiger charge is -2.41. The molecule has 0 aromatic heterocycles. The second-order valence-electron chi connectivity index (χ2n) is 20.7. The van der Waals surface area contributed by atoms with Crippen molar-refractivity contribution in [1.29, 1.82) is 0 Å². The molecule has 1 saturated heterocycles. The number of ether oxygens (including phenoxy) is 2. The number of aliphatic hydroxyl groups is 5. The van der Waals surface area contributed by atoms with Crippen LogP contribution in [0.1, 0.15) is 284 Å². The van der Waals surface area contributed by atoms with E-state index in [1.165, 1.54) is 205 Å². The molecule has 69 heavy (non-hydrogen) atoms. The molecule has 1 fully saturated rings. The van der Waals surface area contributed by atoms with Crippen LogP contribution < -0.4 is 5.32 Å². The summed E-state index contributed by atoms with van der Waals surface area (Å²) in [4.78, 5) is 13.2. The van der Waals surface area contributed by atoms with Crippen LogP contribution in [0.15, 0.2) is 0 Å². The molecular formula is C55H109NO12S. The number of aliphatic hydroxyl groups excluding tert-OH is 5. The number of carbonyl (C=O) groups excluding carboxylic acids is 1. The standard InChI is InChI=1S/C55H109NO12S/c1-3-5-7-9-11-13-15-17-19-21-23-24-26-28-30-32-34-36-38-40-42-44-49(59)54(62)56-47(46-66-55-52(61)53(68-69(63,64)65)51(60)50(45-57)67-55)48(58)43-41-39-37-35-33-31-29-27-25-22-20-18-16-14-12-10-8-6-4-2/h47-53,55,57-61H,3-46H2,1-2H3,(H,56,62)(H,63,64,65). The van der Waals surface area contributed by atoms with Gasteiger partial charge in [0.1, 0.15) is 30.5 Å². The summed E-state index contributed by atoms with van der Waals surface area (Å²) in [6.07, 6.45) is 39.9. The minimum Gasteiger partial charge on any atom is -0.394 e. The summed E-state index contributed by atoms with van der Waals surface area (Å²) < 4.78 is 47.8. The SMILES string of the molecule is CCCCCCCCCCCCCCCCCCCCCCCC(O)C(=O)NC(COC1OC(CO)C(O)C(OS(=O)(=O)O)C1O)C(O)CCCCCCCCCCCCCCCCCCCCC. The maximum Gasteiger partial charge on any atom is 0.397 e. The van der Waals surface area contributed by atoms with Gasteiger partial charge in [-0.2, -0.15) is 8.42 Å². The molecule has 1 rings (SSSR count). The van der Waals surface area contributed by atoms with Gasteiger partial charge in [-0.1, -0.05) is 271 Å². The van der Waals surface area contributed by atoms with Gasteiger partial charge in [-0.05, 0) is 12.8 Å². The number of rotatable bonds is 51. The van der Waals surface area contributed by atoms with Crippen molar-refractivity contribution in [2.45, 2.75) is 332 Å². The van der Waals surface area contributed by atoms with Gasteiger partial charge in [-0.15, -0.1) is 0 Å². The van der Waals surface area contributed by atoms with Crippen molar-refractivity contribution in [2.75, 3.05) is 13.2 Å². The molecule has 7 N–H and O–H groups in total. The van der Waals surface area contributed by atoms with Gasteiger partial charge in [0.05, 0.1) is 25.4 Å². The van der Waals surface area contributed by atoms with E-state index in [1.54, 1.807) is 0 Å². The Morgan fingerprint density at radius 1 is 0.522 bits per heavy atom. The molecule has 8 atom stereocenters. The second-order valence-corrected chi connectivity index (χ2v) is 21.8. The smallest absolute Gasteiger partial charge is 0.394 e. The fourth-order valence-corrected chi connectivity index (χ4v) is 10.2. The van der Waals surface area contributed by atoms with Gasteiger partial charge in [-0.25, -0.2) is 4.18 Å². The summed E-state index contributed by atoms with van der Waals surface area (Å²) in [5, 5.41) is 55.7. The highest BCUT2D eigenvalue weighted by molar-refractivity contribution is 7.80. The van der Waals surface area contributed by atoms with Crippen LogP contribution in [0, 0.1) is 0 Å². The van der Waals surface area contributed by atoms with E-state index >= 15 is 0 Å². The molecule has 412 valence electrons. The fraction of sp³-hybridized carbons (Fsp3) is 0.982. The first kappa shape index (κ1) is 66.1. The van der Waals surface area contributed by atoms with Crippen LogP contribution in [0.3, 0.4) is 0 Å². The Bertz CT molecular complexity index is 1250. The van der Waals surface area contributed by atoms with Gasteiger partial charge < -0.3 is 40.3 Å². The van der Waals surface area contributed by atoms with Gasteiger partial charge in [0.15, 0.2) is 6.29 Å². The highest BCUT2D eigenvalue weighted by Gasteiger charge is 2.48. The molecule has 0 saturated carbocycles. The fourth-order valence-electron chi connectivity index (χ4n) is 9.71. The van der Waals surface area contributed by atoms with Crippen LogP contribution in [0.4, 0.5) is 0 Å². The molecule has 13 nitrogen and oxygen atoms in total.